The van der Waals surface area contributed by atoms with E-state index in [9.17, 15) is 24.3 Å². The molecule has 0 saturated carbocycles. The first-order chi connectivity index (χ1) is 28.7. The van der Waals surface area contributed by atoms with E-state index < -0.39 is 18.2 Å². The number of aryl methyl sites for hydroxylation is 1. The van der Waals surface area contributed by atoms with Crippen LogP contribution >= 0.6 is 0 Å². The molecule has 5 aromatic carbocycles. The van der Waals surface area contributed by atoms with Crippen molar-refractivity contribution in [3.05, 3.63) is 168 Å². The highest BCUT2D eigenvalue weighted by Gasteiger charge is 2.51. The minimum Gasteiger partial charge on any atom is -0.508 e. The number of hydrogen-bond acceptors (Lipinski definition) is 6. The Morgan fingerprint density at radius 3 is 2.34 bits per heavy atom. The zero-order chi connectivity index (χ0) is 41.0. The van der Waals surface area contributed by atoms with Gasteiger partial charge in [-0.05, 0) is 58.7 Å². The van der Waals surface area contributed by atoms with Crippen LogP contribution in [0.25, 0.3) is 22.0 Å². The molecule has 0 spiro atoms. The van der Waals surface area contributed by atoms with Gasteiger partial charge in [0.25, 0.3) is 5.91 Å². The third-order valence-corrected chi connectivity index (χ3v) is 10.9. The number of rotatable bonds is 11. The molecule has 59 heavy (non-hydrogen) atoms. The normalized spacial score (nSPS) is 16.9. The van der Waals surface area contributed by atoms with Crippen LogP contribution in [0.5, 0.6) is 5.75 Å². The number of nitrogens with one attached hydrogen (secondary N) is 2. The number of para-hydroxylation sites is 2. The van der Waals surface area contributed by atoms with Crippen LogP contribution in [0.15, 0.2) is 146 Å². The van der Waals surface area contributed by atoms with Crippen LogP contribution in [0.4, 0.5) is 10.5 Å². The van der Waals surface area contributed by atoms with Crippen LogP contribution in [0.1, 0.15) is 27.0 Å². The number of hydrazine groups is 1. The summed E-state index contributed by atoms with van der Waals surface area (Å²) in [6.45, 7) is 4.57. The second-order valence-corrected chi connectivity index (χ2v) is 14.9. The molecular formula is C47H45N7O5. The van der Waals surface area contributed by atoms with Crippen LogP contribution in [0.2, 0.25) is 0 Å². The van der Waals surface area contributed by atoms with Gasteiger partial charge in [-0.3, -0.25) is 14.4 Å². The Bertz CT molecular complexity index is 2520. The number of carbonyl (C=O) groups is 4. The van der Waals surface area contributed by atoms with Crippen molar-refractivity contribution in [2.45, 2.75) is 31.7 Å². The summed E-state index contributed by atoms with van der Waals surface area (Å²) < 4.78 is 2.03. The highest BCUT2D eigenvalue weighted by molar-refractivity contribution is 6.06. The average molecular weight is 788 g/mol. The summed E-state index contributed by atoms with van der Waals surface area (Å²) in [7, 11) is 1.96. The van der Waals surface area contributed by atoms with E-state index in [-0.39, 0.29) is 62.6 Å². The molecule has 2 atom stereocenters. The summed E-state index contributed by atoms with van der Waals surface area (Å²) in [5.41, 5.74) is 6.50. The molecule has 8 rings (SSSR count). The number of fused-ring (bicyclic) bond motifs is 2. The van der Waals surface area contributed by atoms with Gasteiger partial charge in [-0.1, -0.05) is 97.1 Å². The molecule has 3 heterocycles. The summed E-state index contributed by atoms with van der Waals surface area (Å²) in [5, 5.41) is 20.2. The largest absolute Gasteiger partial charge is 0.508 e. The average Bonchev–Trinajstić information content (AvgIpc) is 3.60. The Hall–Kier alpha value is -7.18. The third-order valence-electron chi connectivity index (χ3n) is 10.9. The first-order valence-corrected chi connectivity index (χ1v) is 19.6. The van der Waals surface area contributed by atoms with Crippen LogP contribution < -0.4 is 10.6 Å². The molecule has 2 saturated heterocycles. The van der Waals surface area contributed by atoms with Crippen molar-refractivity contribution in [1.82, 2.24) is 29.7 Å². The first kappa shape index (κ1) is 38.7. The molecule has 2 fully saturated rings. The molecule has 0 unspecified atom stereocenters. The molecule has 12 nitrogen and oxygen atoms in total. The van der Waals surface area contributed by atoms with E-state index >= 15 is 0 Å². The van der Waals surface area contributed by atoms with Gasteiger partial charge >= 0.3 is 6.03 Å². The van der Waals surface area contributed by atoms with Gasteiger partial charge < -0.3 is 30.1 Å². The van der Waals surface area contributed by atoms with Crippen LogP contribution in [0, 0.1) is 0 Å². The monoisotopic (exact) mass is 787 g/mol. The molecule has 3 N–H and O–H groups in total. The van der Waals surface area contributed by atoms with Gasteiger partial charge in [0.15, 0.2) is 0 Å². The molecule has 298 valence electrons. The van der Waals surface area contributed by atoms with Gasteiger partial charge in [-0.2, -0.15) is 0 Å². The van der Waals surface area contributed by atoms with E-state index in [1.54, 1.807) is 56.2 Å². The SMILES string of the molecule is C=CCN1CC(=O)N2[C@@H](Cc3ccc(O)cc3)C(=O)N(Cc3cccc4c(-c5cccc(C(=O)Nc6ccccc6)c5)cn(C)c34)C[C@@H]2N1C(=O)NCc1ccccc1. The van der Waals surface area contributed by atoms with Gasteiger partial charge in [-0.15, -0.1) is 6.58 Å². The second-order valence-electron chi connectivity index (χ2n) is 14.9. The minimum absolute atomic E-state index is 0.0648. The number of nitrogens with zero attached hydrogens (tertiary/aromatic N) is 5. The number of urea groups is 1. The predicted molar refractivity (Wildman–Crippen MR) is 227 cm³/mol. The van der Waals surface area contributed by atoms with E-state index in [1.807, 2.05) is 115 Å². The third kappa shape index (κ3) is 8.03. The van der Waals surface area contributed by atoms with Crippen molar-refractivity contribution < 1.29 is 24.3 Å². The fourth-order valence-electron chi connectivity index (χ4n) is 8.22. The maximum atomic E-state index is 14.8. The quantitative estimate of drug-likeness (QED) is 0.128. The maximum absolute atomic E-state index is 14.8. The Morgan fingerprint density at radius 1 is 0.864 bits per heavy atom. The lowest BCUT2D eigenvalue weighted by Gasteiger charge is -2.55. The van der Waals surface area contributed by atoms with E-state index in [4.69, 9.17) is 0 Å². The molecule has 6 aromatic rings. The van der Waals surface area contributed by atoms with Crippen LogP contribution in [-0.4, -0.2) is 85.1 Å². The van der Waals surface area contributed by atoms with Crippen LogP contribution in [-0.2, 0) is 36.1 Å². The lowest BCUT2D eigenvalue weighted by Crippen LogP contribution is -2.76. The van der Waals surface area contributed by atoms with Crippen molar-refractivity contribution in [2.75, 3.05) is 25.0 Å². The lowest BCUT2D eigenvalue weighted by molar-refractivity contribution is -0.189. The Morgan fingerprint density at radius 2 is 1.59 bits per heavy atom. The number of aromatic nitrogens is 1. The van der Waals surface area contributed by atoms with Crippen molar-refractivity contribution in [3.8, 4) is 16.9 Å². The fraction of sp³-hybridized carbons (Fsp3) is 0.191. The topological polar surface area (TPSA) is 130 Å². The second kappa shape index (κ2) is 16.7. The molecule has 0 bridgehead atoms. The minimum atomic E-state index is -0.922. The summed E-state index contributed by atoms with van der Waals surface area (Å²) in [6, 6.07) is 37.7. The number of phenolic OH excluding ortho intramolecular Hbond substituents is 1. The number of amides is 5. The highest BCUT2D eigenvalue weighted by Crippen LogP contribution is 2.35. The van der Waals surface area contributed by atoms with E-state index in [1.165, 1.54) is 0 Å². The Labute approximate surface area is 342 Å². The molecule has 2 aliphatic rings. The van der Waals surface area contributed by atoms with E-state index in [0.717, 1.165) is 38.7 Å². The number of hydrogen-bond donors (Lipinski definition) is 3. The number of piperazine rings is 1. The van der Waals surface area contributed by atoms with Gasteiger partial charge in [0.2, 0.25) is 11.8 Å². The first-order valence-electron chi connectivity index (χ1n) is 19.6. The predicted octanol–water partition coefficient (Wildman–Crippen LogP) is 6.54. The maximum Gasteiger partial charge on any atom is 0.334 e. The van der Waals surface area contributed by atoms with E-state index in [0.29, 0.717) is 11.3 Å². The highest BCUT2D eigenvalue weighted by atomic mass is 16.3. The lowest BCUT2D eigenvalue weighted by atomic mass is 9.97. The summed E-state index contributed by atoms with van der Waals surface area (Å²) >= 11 is 0. The smallest absolute Gasteiger partial charge is 0.334 e. The summed E-state index contributed by atoms with van der Waals surface area (Å²) in [5.74, 6) is -0.632. The molecule has 0 radical (unpaired) electrons. The summed E-state index contributed by atoms with van der Waals surface area (Å²) in [6.07, 6.45) is 3.05. The van der Waals surface area contributed by atoms with Gasteiger partial charge in [-0.25, -0.2) is 14.8 Å². The molecule has 5 amide bonds. The molecule has 1 aromatic heterocycles. The molecule has 2 aliphatic heterocycles. The van der Waals surface area contributed by atoms with E-state index in [2.05, 4.69) is 17.2 Å². The Kier molecular flexibility index (Phi) is 11.0. The van der Waals surface area contributed by atoms with Gasteiger partial charge in [0.05, 0.1) is 18.6 Å². The molecular weight excluding hydrogens is 743 g/mol. The van der Waals surface area contributed by atoms with Crippen molar-refractivity contribution in [2.24, 2.45) is 7.05 Å². The van der Waals surface area contributed by atoms with Gasteiger partial charge in [0.1, 0.15) is 18.0 Å². The number of benzene rings is 5. The number of phenols is 1. The zero-order valence-electron chi connectivity index (χ0n) is 32.7. The summed E-state index contributed by atoms with van der Waals surface area (Å²) in [4.78, 5) is 59.6. The molecule has 12 heteroatoms. The van der Waals surface area contributed by atoms with Crippen LogP contribution in [0.3, 0.4) is 0 Å². The van der Waals surface area contributed by atoms with Gasteiger partial charge in [0, 0.05) is 61.5 Å². The number of aromatic hydroxyl groups is 1. The number of anilines is 1. The van der Waals surface area contributed by atoms with Crippen molar-refractivity contribution >= 4 is 40.3 Å². The standard InChI is InChI=1S/C47H45N7O5/c1-3-24-52-31-43(56)53-41(25-32-20-22-38(55)23-21-32)46(58)51(30-42(53)54(52)47(59)48-27-33-12-6-4-7-13-33)28-36-16-11-19-39-40(29-50(2)44(36)39)34-14-10-15-35(26-34)45(57)49-37-17-8-5-9-18-37/h3-23,26,29,41-42,55H,1,24-25,27-28,30-31H2,2H3,(H,48,59)(H,49,57)/t41-,42-/m0/s1. The fourth-order valence-corrected chi connectivity index (χ4v) is 8.22. The number of carbonyl (C=O) groups excluding carboxylic acids is 4. The zero-order valence-corrected chi connectivity index (χ0v) is 32.7. The van der Waals surface area contributed by atoms with Crippen molar-refractivity contribution in [3.63, 3.8) is 0 Å². The molecule has 0 aliphatic carbocycles. The Balaban J connectivity index is 1.13. The van der Waals surface area contributed by atoms with Crippen molar-refractivity contribution in [1.29, 1.82) is 0 Å².